The van der Waals surface area contributed by atoms with Gasteiger partial charge in [-0.15, -0.1) is 0 Å². The van der Waals surface area contributed by atoms with Gasteiger partial charge in [-0.05, 0) is 44.0 Å². The zero-order valence-corrected chi connectivity index (χ0v) is 13.7. The lowest BCUT2D eigenvalue weighted by atomic mass is 9.96. The highest BCUT2D eigenvalue weighted by Gasteiger charge is 2.32. The van der Waals surface area contributed by atoms with Crippen molar-refractivity contribution < 1.29 is 24.2 Å². The van der Waals surface area contributed by atoms with Gasteiger partial charge >= 0.3 is 5.97 Å². The number of piperidine rings is 1. The number of aliphatic hydroxyl groups is 1. The second-order valence-electron chi connectivity index (χ2n) is 6.50. The van der Waals surface area contributed by atoms with Crippen LogP contribution in [-0.4, -0.2) is 52.2 Å². The van der Waals surface area contributed by atoms with E-state index < -0.39 is 11.6 Å². The minimum Gasteiger partial charge on any atom is -0.479 e. The fraction of sp³-hybridized carbons (Fsp3) is 0.529. The van der Waals surface area contributed by atoms with Gasteiger partial charge in [0.1, 0.15) is 5.82 Å². The molecule has 1 fully saturated rings. The Hall–Kier alpha value is -1.99. The van der Waals surface area contributed by atoms with E-state index in [-0.39, 0.29) is 24.2 Å². The lowest BCUT2D eigenvalue weighted by Gasteiger charge is -2.32. The number of carboxylic acids is 1. The maximum atomic E-state index is 13.2. The number of aliphatic carboxylic acids is 1. The molecule has 1 saturated heterocycles. The number of benzene rings is 1. The average molecular weight is 338 g/mol. The molecule has 1 heterocycles. The maximum Gasteiger partial charge on any atom is 0.337 e. The number of likely N-dealkylation sites (tertiary alicyclic amines) is 1. The Morgan fingerprint density at radius 3 is 2.88 bits per heavy atom. The minimum atomic E-state index is -1.98. The topological polar surface area (TPSA) is 89.9 Å². The number of amides is 1. The first-order chi connectivity index (χ1) is 11.3. The van der Waals surface area contributed by atoms with Gasteiger partial charge in [0, 0.05) is 13.1 Å². The van der Waals surface area contributed by atoms with Crippen LogP contribution in [0.2, 0.25) is 0 Å². The summed E-state index contributed by atoms with van der Waals surface area (Å²) in [6.45, 7) is 2.73. The molecule has 0 saturated carbocycles. The standard InChI is InChI=1S/C17H23FN2O4/c1-17(24,16(22)23)11-19-15(21)13-5-3-7-20(10-13)9-12-4-2-6-14(18)8-12/h2,4,6,8,13,24H,3,5,7,9-11H2,1H3,(H,19,21)(H,22,23). The number of nitrogens with one attached hydrogen (secondary N) is 1. The van der Waals surface area contributed by atoms with Crippen molar-refractivity contribution in [1.29, 1.82) is 0 Å². The normalized spacial score (nSPS) is 21.0. The molecule has 0 aromatic heterocycles. The molecule has 1 aromatic carbocycles. The summed E-state index contributed by atoms with van der Waals surface area (Å²) in [6.07, 6.45) is 1.55. The number of nitrogens with zero attached hydrogens (tertiary/aromatic N) is 1. The number of carboxylic acid groups (broad SMARTS) is 1. The molecule has 1 aliphatic rings. The van der Waals surface area contributed by atoms with E-state index in [1.54, 1.807) is 6.07 Å². The Bertz CT molecular complexity index is 606. The first kappa shape index (κ1) is 18.4. The van der Waals surface area contributed by atoms with Crippen LogP contribution in [0.1, 0.15) is 25.3 Å². The number of carbonyl (C=O) groups is 2. The predicted octanol–water partition coefficient (Wildman–Crippen LogP) is 0.989. The molecule has 24 heavy (non-hydrogen) atoms. The van der Waals surface area contributed by atoms with E-state index in [2.05, 4.69) is 10.2 Å². The van der Waals surface area contributed by atoms with Crippen LogP contribution in [0.4, 0.5) is 4.39 Å². The highest BCUT2D eigenvalue weighted by atomic mass is 19.1. The van der Waals surface area contributed by atoms with Crippen LogP contribution in [0.5, 0.6) is 0 Å². The van der Waals surface area contributed by atoms with Crippen molar-refractivity contribution in [2.24, 2.45) is 5.92 Å². The van der Waals surface area contributed by atoms with Crippen LogP contribution in [0.25, 0.3) is 0 Å². The van der Waals surface area contributed by atoms with Crippen molar-refractivity contribution in [1.82, 2.24) is 10.2 Å². The van der Waals surface area contributed by atoms with Crippen LogP contribution in [0.15, 0.2) is 24.3 Å². The van der Waals surface area contributed by atoms with Crippen molar-refractivity contribution in [3.8, 4) is 0 Å². The van der Waals surface area contributed by atoms with E-state index in [4.69, 9.17) is 5.11 Å². The number of rotatable bonds is 6. The second kappa shape index (κ2) is 7.72. The SMILES string of the molecule is CC(O)(CNC(=O)C1CCCN(Cc2cccc(F)c2)C1)C(=O)O. The van der Waals surface area contributed by atoms with Gasteiger partial charge in [-0.1, -0.05) is 12.1 Å². The molecule has 6 nitrogen and oxygen atoms in total. The van der Waals surface area contributed by atoms with Crippen molar-refractivity contribution in [2.75, 3.05) is 19.6 Å². The number of hydrogen-bond acceptors (Lipinski definition) is 4. The molecule has 0 aliphatic carbocycles. The Labute approximate surface area is 140 Å². The molecule has 0 radical (unpaired) electrons. The van der Waals surface area contributed by atoms with Crippen molar-refractivity contribution in [3.63, 3.8) is 0 Å². The van der Waals surface area contributed by atoms with Crippen LogP contribution < -0.4 is 5.32 Å². The second-order valence-corrected chi connectivity index (χ2v) is 6.50. The van der Waals surface area contributed by atoms with Gasteiger partial charge in [-0.25, -0.2) is 9.18 Å². The average Bonchev–Trinajstić information content (AvgIpc) is 2.53. The van der Waals surface area contributed by atoms with Crippen molar-refractivity contribution in [3.05, 3.63) is 35.6 Å². The molecular weight excluding hydrogens is 315 g/mol. The maximum absolute atomic E-state index is 13.2. The van der Waals surface area contributed by atoms with Gasteiger partial charge in [0.25, 0.3) is 0 Å². The number of carbonyl (C=O) groups excluding carboxylic acids is 1. The fourth-order valence-electron chi connectivity index (χ4n) is 2.79. The van der Waals surface area contributed by atoms with Gasteiger partial charge in [0.2, 0.25) is 5.91 Å². The van der Waals surface area contributed by atoms with Gasteiger partial charge < -0.3 is 15.5 Å². The van der Waals surface area contributed by atoms with Crippen LogP contribution in [0.3, 0.4) is 0 Å². The van der Waals surface area contributed by atoms with Gasteiger partial charge in [0.15, 0.2) is 5.60 Å². The highest BCUT2D eigenvalue weighted by Crippen LogP contribution is 2.19. The van der Waals surface area contributed by atoms with E-state index in [1.807, 2.05) is 6.07 Å². The Balaban J connectivity index is 1.88. The summed E-state index contributed by atoms with van der Waals surface area (Å²) in [5.74, 6) is -2.19. The Morgan fingerprint density at radius 1 is 1.46 bits per heavy atom. The molecule has 2 unspecified atom stereocenters. The van der Waals surface area contributed by atoms with Gasteiger partial charge in [-0.3, -0.25) is 9.69 Å². The molecular formula is C17H23FN2O4. The van der Waals surface area contributed by atoms with E-state index in [0.717, 1.165) is 25.5 Å². The van der Waals surface area contributed by atoms with Crippen LogP contribution >= 0.6 is 0 Å². The van der Waals surface area contributed by atoms with Crippen molar-refractivity contribution >= 4 is 11.9 Å². The predicted molar refractivity (Wildman–Crippen MR) is 85.7 cm³/mol. The third kappa shape index (κ3) is 5.01. The smallest absolute Gasteiger partial charge is 0.337 e. The monoisotopic (exact) mass is 338 g/mol. The molecule has 132 valence electrons. The summed E-state index contributed by atoms with van der Waals surface area (Å²) in [7, 11) is 0. The van der Waals surface area contributed by atoms with Crippen LogP contribution in [0, 0.1) is 11.7 Å². The summed E-state index contributed by atoms with van der Waals surface area (Å²) in [4.78, 5) is 25.2. The summed E-state index contributed by atoms with van der Waals surface area (Å²) < 4.78 is 13.2. The number of hydrogen-bond donors (Lipinski definition) is 3. The molecule has 0 spiro atoms. The summed E-state index contributed by atoms with van der Waals surface area (Å²) >= 11 is 0. The summed E-state index contributed by atoms with van der Waals surface area (Å²) in [5.41, 5.74) is -1.13. The van der Waals surface area contributed by atoms with Crippen LogP contribution in [-0.2, 0) is 16.1 Å². The van der Waals surface area contributed by atoms with E-state index in [0.29, 0.717) is 19.5 Å². The zero-order valence-electron chi connectivity index (χ0n) is 13.7. The molecule has 1 aliphatic heterocycles. The first-order valence-corrected chi connectivity index (χ1v) is 7.98. The third-order valence-electron chi connectivity index (χ3n) is 4.24. The first-order valence-electron chi connectivity index (χ1n) is 7.98. The molecule has 2 rings (SSSR count). The minimum absolute atomic E-state index is 0.263. The Kier molecular flexibility index (Phi) is 5.90. The molecule has 0 bridgehead atoms. The largest absolute Gasteiger partial charge is 0.479 e. The molecule has 1 amide bonds. The lowest BCUT2D eigenvalue weighted by molar-refractivity contribution is -0.156. The number of halogens is 1. The van der Waals surface area contributed by atoms with Gasteiger partial charge in [-0.2, -0.15) is 0 Å². The van der Waals surface area contributed by atoms with E-state index in [1.165, 1.54) is 12.1 Å². The van der Waals surface area contributed by atoms with E-state index >= 15 is 0 Å². The fourth-order valence-corrected chi connectivity index (χ4v) is 2.79. The molecule has 1 aromatic rings. The molecule has 2 atom stereocenters. The van der Waals surface area contributed by atoms with E-state index in [9.17, 15) is 19.1 Å². The summed E-state index contributed by atoms with van der Waals surface area (Å²) in [6, 6.07) is 6.38. The van der Waals surface area contributed by atoms with Crippen molar-refractivity contribution in [2.45, 2.75) is 31.9 Å². The Morgan fingerprint density at radius 2 is 2.21 bits per heavy atom. The summed E-state index contributed by atoms with van der Waals surface area (Å²) in [5, 5.41) is 21.0. The quantitative estimate of drug-likeness (QED) is 0.720. The zero-order chi connectivity index (χ0) is 17.7. The molecule has 7 heteroatoms. The van der Waals surface area contributed by atoms with Gasteiger partial charge in [0.05, 0.1) is 12.5 Å². The highest BCUT2D eigenvalue weighted by molar-refractivity contribution is 5.81. The lowest BCUT2D eigenvalue weighted by Crippen LogP contribution is -2.50. The molecule has 3 N–H and O–H groups in total. The third-order valence-corrected chi connectivity index (χ3v) is 4.24.